The Balaban J connectivity index is 2.16. The fourth-order valence-corrected chi connectivity index (χ4v) is 2.01. The van der Waals surface area contributed by atoms with Crippen LogP contribution in [0, 0.1) is 0 Å². The molecule has 19 heavy (non-hydrogen) atoms. The lowest BCUT2D eigenvalue weighted by molar-refractivity contribution is -0.134. The van der Waals surface area contributed by atoms with E-state index in [4.69, 9.17) is 5.73 Å². The fraction of sp³-hybridized carbons (Fsp3) is 0.0909. The van der Waals surface area contributed by atoms with E-state index >= 15 is 0 Å². The number of amides is 1. The molecule has 4 nitrogen and oxygen atoms in total. The first-order valence-corrected chi connectivity index (χ1v) is 5.88. The Morgan fingerprint density at radius 1 is 1.32 bits per heavy atom. The van der Waals surface area contributed by atoms with Crippen molar-refractivity contribution >= 4 is 28.1 Å². The first-order chi connectivity index (χ1) is 8.88. The van der Waals surface area contributed by atoms with E-state index in [9.17, 15) is 18.0 Å². The van der Waals surface area contributed by atoms with Crippen molar-refractivity contribution in [3.8, 4) is 0 Å². The van der Waals surface area contributed by atoms with Crippen LogP contribution in [-0.2, 0) is 6.18 Å². The van der Waals surface area contributed by atoms with Gasteiger partial charge in [-0.25, -0.2) is 4.98 Å². The Labute approximate surface area is 110 Å². The third-order valence-corrected chi connectivity index (χ3v) is 3.17. The minimum absolute atomic E-state index is 0.124. The lowest BCUT2D eigenvalue weighted by Crippen LogP contribution is -2.13. The van der Waals surface area contributed by atoms with Gasteiger partial charge < -0.3 is 5.73 Å². The highest BCUT2D eigenvalue weighted by atomic mass is 32.1. The molecule has 0 saturated heterocycles. The second kappa shape index (κ2) is 4.88. The summed E-state index contributed by atoms with van der Waals surface area (Å²) in [6, 6.07) is 6.26. The van der Waals surface area contributed by atoms with Crippen LogP contribution in [0.25, 0.3) is 0 Å². The van der Waals surface area contributed by atoms with E-state index in [1.54, 1.807) is 12.1 Å². The summed E-state index contributed by atoms with van der Waals surface area (Å²) in [6.07, 6.45) is -3.79. The monoisotopic (exact) mass is 287 g/mol. The third-order valence-electron chi connectivity index (χ3n) is 2.21. The van der Waals surface area contributed by atoms with Crippen molar-refractivity contribution in [3.63, 3.8) is 0 Å². The lowest BCUT2D eigenvalue weighted by atomic mass is 10.2. The van der Waals surface area contributed by atoms with Gasteiger partial charge in [-0.1, -0.05) is 23.5 Å². The number of hydrogen-bond donors (Lipinski definition) is 2. The zero-order chi connectivity index (χ0) is 14.0. The van der Waals surface area contributed by atoms with Crippen LogP contribution in [0.1, 0.15) is 15.2 Å². The summed E-state index contributed by atoms with van der Waals surface area (Å²) >= 11 is 0.360. The summed E-state index contributed by atoms with van der Waals surface area (Å²) in [5, 5.41) is 2.16. The topological polar surface area (TPSA) is 68.0 Å². The molecule has 0 atom stereocenters. The number of carbonyl (C=O) groups excluding carboxylic acids is 1. The Bertz CT molecular complexity index is 609. The number of anilines is 2. The van der Waals surface area contributed by atoms with Crippen molar-refractivity contribution in [1.82, 2.24) is 4.98 Å². The molecule has 0 radical (unpaired) electrons. The minimum atomic E-state index is -4.47. The number of nitrogens with one attached hydrogen (secondary N) is 1. The van der Waals surface area contributed by atoms with Gasteiger partial charge in [-0.05, 0) is 12.1 Å². The molecule has 0 aliphatic rings. The van der Waals surface area contributed by atoms with Crippen molar-refractivity contribution in [2.75, 3.05) is 11.1 Å². The second-order valence-electron chi connectivity index (χ2n) is 3.57. The molecule has 0 spiro atoms. The smallest absolute Gasteiger partial charge is 0.398 e. The Kier molecular flexibility index (Phi) is 3.43. The molecule has 0 unspecified atom stereocenters. The van der Waals surface area contributed by atoms with Crippen LogP contribution in [0.2, 0.25) is 0 Å². The number of nitrogen functional groups attached to an aromatic ring is 1. The standard InChI is InChI=1S/C11H8F3N3OS/c12-11(13,14)8-5-16-10(19-8)17-9(18)6-3-1-2-4-7(6)15/h1-5H,15H2,(H,16,17,18). The van der Waals surface area contributed by atoms with Gasteiger partial charge in [-0.3, -0.25) is 10.1 Å². The first kappa shape index (κ1) is 13.3. The van der Waals surface area contributed by atoms with Gasteiger partial charge in [0.25, 0.3) is 5.91 Å². The third kappa shape index (κ3) is 3.02. The van der Waals surface area contributed by atoms with Gasteiger partial charge in [-0.2, -0.15) is 13.2 Å². The van der Waals surface area contributed by atoms with Crippen LogP contribution in [0.3, 0.4) is 0 Å². The highest BCUT2D eigenvalue weighted by Crippen LogP contribution is 2.35. The van der Waals surface area contributed by atoms with Crippen LogP contribution >= 0.6 is 11.3 Å². The van der Waals surface area contributed by atoms with Crippen molar-refractivity contribution in [2.45, 2.75) is 6.18 Å². The number of rotatable bonds is 2. The number of hydrogen-bond acceptors (Lipinski definition) is 4. The molecule has 0 aliphatic carbocycles. The predicted molar refractivity (Wildman–Crippen MR) is 65.9 cm³/mol. The van der Waals surface area contributed by atoms with Gasteiger partial charge in [0.15, 0.2) is 5.13 Å². The summed E-state index contributed by atoms with van der Waals surface area (Å²) in [5.74, 6) is -0.596. The number of nitrogens with zero attached hydrogens (tertiary/aromatic N) is 1. The molecule has 1 aromatic heterocycles. The van der Waals surface area contributed by atoms with Gasteiger partial charge in [0, 0.05) is 5.69 Å². The summed E-state index contributed by atoms with van der Waals surface area (Å²) in [4.78, 5) is 14.4. The van der Waals surface area contributed by atoms with Crippen LogP contribution in [-0.4, -0.2) is 10.9 Å². The van der Waals surface area contributed by atoms with Crippen molar-refractivity contribution in [1.29, 1.82) is 0 Å². The zero-order valence-corrected chi connectivity index (χ0v) is 10.2. The Hall–Kier alpha value is -2.09. The number of aromatic nitrogens is 1. The number of thiazole rings is 1. The number of nitrogens with two attached hydrogens (primary N) is 1. The average molecular weight is 287 g/mol. The molecule has 2 aromatic rings. The van der Waals surface area contributed by atoms with E-state index in [-0.39, 0.29) is 16.4 Å². The van der Waals surface area contributed by atoms with E-state index in [1.807, 2.05) is 0 Å². The molecule has 0 fully saturated rings. The summed E-state index contributed by atoms with van der Waals surface area (Å²) < 4.78 is 37.1. The van der Waals surface area contributed by atoms with Gasteiger partial charge in [-0.15, -0.1) is 0 Å². The van der Waals surface area contributed by atoms with E-state index in [0.29, 0.717) is 17.5 Å². The van der Waals surface area contributed by atoms with E-state index in [1.165, 1.54) is 12.1 Å². The fourth-order valence-electron chi connectivity index (χ4n) is 1.33. The molecule has 0 bridgehead atoms. The van der Waals surface area contributed by atoms with Gasteiger partial charge in [0.1, 0.15) is 4.88 Å². The molecule has 0 saturated carbocycles. The molecule has 1 amide bonds. The maximum Gasteiger partial charge on any atom is 0.427 e. The molecule has 100 valence electrons. The normalized spacial score (nSPS) is 11.3. The molecular weight excluding hydrogens is 279 g/mol. The molecular formula is C11H8F3N3OS. The number of benzene rings is 1. The van der Waals surface area contributed by atoms with E-state index in [0.717, 1.165) is 0 Å². The van der Waals surface area contributed by atoms with Crippen molar-refractivity contribution in [3.05, 3.63) is 40.9 Å². The first-order valence-electron chi connectivity index (χ1n) is 5.07. The predicted octanol–water partition coefficient (Wildman–Crippen LogP) is 3.00. The summed E-state index contributed by atoms with van der Waals surface area (Å²) in [5.41, 5.74) is 6.02. The largest absolute Gasteiger partial charge is 0.427 e. The van der Waals surface area contributed by atoms with E-state index < -0.39 is 17.0 Å². The molecule has 1 heterocycles. The highest BCUT2D eigenvalue weighted by molar-refractivity contribution is 7.15. The molecule has 0 aliphatic heterocycles. The number of alkyl halides is 3. The van der Waals surface area contributed by atoms with Crippen LogP contribution < -0.4 is 11.1 Å². The average Bonchev–Trinajstić information content (AvgIpc) is 2.77. The molecule has 1 aromatic carbocycles. The number of carbonyl (C=O) groups is 1. The van der Waals surface area contributed by atoms with Crippen LogP contribution in [0.5, 0.6) is 0 Å². The van der Waals surface area contributed by atoms with E-state index in [2.05, 4.69) is 10.3 Å². The lowest BCUT2D eigenvalue weighted by Gasteiger charge is -2.04. The second-order valence-corrected chi connectivity index (χ2v) is 4.60. The van der Waals surface area contributed by atoms with Crippen LogP contribution in [0.15, 0.2) is 30.5 Å². The van der Waals surface area contributed by atoms with Crippen molar-refractivity contribution in [2.24, 2.45) is 0 Å². The highest BCUT2D eigenvalue weighted by Gasteiger charge is 2.33. The van der Waals surface area contributed by atoms with Crippen LogP contribution in [0.4, 0.5) is 24.0 Å². The van der Waals surface area contributed by atoms with Gasteiger partial charge >= 0.3 is 6.18 Å². The quantitative estimate of drug-likeness (QED) is 0.834. The molecule has 3 N–H and O–H groups in total. The Morgan fingerprint density at radius 2 is 2.00 bits per heavy atom. The maximum absolute atomic E-state index is 12.4. The SMILES string of the molecule is Nc1ccccc1C(=O)Nc1ncc(C(F)(F)F)s1. The molecule has 8 heteroatoms. The molecule has 2 rings (SSSR count). The number of para-hydroxylation sites is 1. The van der Waals surface area contributed by atoms with Gasteiger partial charge in [0.05, 0.1) is 11.8 Å². The minimum Gasteiger partial charge on any atom is -0.398 e. The maximum atomic E-state index is 12.4. The Morgan fingerprint density at radius 3 is 2.58 bits per heavy atom. The zero-order valence-electron chi connectivity index (χ0n) is 9.36. The van der Waals surface area contributed by atoms with Crippen molar-refractivity contribution < 1.29 is 18.0 Å². The number of halogens is 3. The summed E-state index contributed by atoms with van der Waals surface area (Å²) in [7, 11) is 0. The summed E-state index contributed by atoms with van der Waals surface area (Å²) in [6.45, 7) is 0. The van der Waals surface area contributed by atoms with Gasteiger partial charge in [0.2, 0.25) is 0 Å².